The summed E-state index contributed by atoms with van der Waals surface area (Å²) in [5.41, 5.74) is 0.759. The molecule has 1 aliphatic rings. The first-order valence-corrected chi connectivity index (χ1v) is 6.37. The van der Waals surface area contributed by atoms with E-state index >= 15 is 0 Å². The molecular weight excluding hydrogens is 238 g/mol. The van der Waals surface area contributed by atoms with E-state index in [-0.39, 0.29) is 6.10 Å². The normalized spacial score (nSPS) is 23.6. The van der Waals surface area contributed by atoms with Crippen molar-refractivity contribution < 1.29 is 10.2 Å². The van der Waals surface area contributed by atoms with Crippen LogP contribution in [0.5, 0.6) is 0 Å². The number of benzene rings is 1. The van der Waals surface area contributed by atoms with Crippen molar-refractivity contribution in [2.75, 3.05) is 19.6 Å². The van der Waals surface area contributed by atoms with Gasteiger partial charge in [-0.1, -0.05) is 29.8 Å². The van der Waals surface area contributed by atoms with Crippen molar-refractivity contribution in [3.63, 3.8) is 0 Å². The zero-order valence-electron chi connectivity index (χ0n) is 9.72. The largest absolute Gasteiger partial charge is 0.392 e. The number of likely N-dealkylation sites (tertiary alicyclic amines) is 1. The Balaban J connectivity index is 1.97. The highest BCUT2D eigenvalue weighted by molar-refractivity contribution is 6.31. The average Bonchev–Trinajstić information content (AvgIpc) is 2.29. The molecule has 2 N–H and O–H groups in total. The minimum Gasteiger partial charge on any atom is -0.392 e. The van der Waals surface area contributed by atoms with Gasteiger partial charge in [-0.3, -0.25) is 4.90 Å². The van der Waals surface area contributed by atoms with Crippen LogP contribution in [0.15, 0.2) is 24.3 Å². The summed E-state index contributed by atoms with van der Waals surface area (Å²) in [6.07, 6.45) is 0.992. The summed E-state index contributed by atoms with van der Waals surface area (Å²) in [4.78, 5) is 2.09. The molecule has 0 spiro atoms. The van der Waals surface area contributed by atoms with Crippen molar-refractivity contribution in [2.45, 2.75) is 25.0 Å². The summed E-state index contributed by atoms with van der Waals surface area (Å²) >= 11 is 6.04. The highest BCUT2D eigenvalue weighted by atomic mass is 35.5. The maximum Gasteiger partial charge on any atom is 0.0931 e. The second-order valence-electron chi connectivity index (χ2n) is 4.59. The highest BCUT2D eigenvalue weighted by Crippen LogP contribution is 2.24. The van der Waals surface area contributed by atoms with E-state index in [1.807, 2.05) is 18.2 Å². The lowest BCUT2D eigenvalue weighted by molar-refractivity contribution is 0.0392. The molecule has 1 aliphatic heterocycles. The molecule has 1 fully saturated rings. The Bertz CT molecular complexity index is 372. The zero-order chi connectivity index (χ0) is 12.3. The first kappa shape index (κ1) is 12.8. The molecule has 0 radical (unpaired) electrons. The second-order valence-corrected chi connectivity index (χ2v) is 5.00. The van der Waals surface area contributed by atoms with Gasteiger partial charge in [0.05, 0.1) is 12.2 Å². The Morgan fingerprint density at radius 2 is 2.18 bits per heavy atom. The number of hydrogen-bond donors (Lipinski definition) is 2. The van der Waals surface area contributed by atoms with Crippen LogP contribution in [0.25, 0.3) is 0 Å². The van der Waals surface area contributed by atoms with Crippen LogP contribution in [0.4, 0.5) is 0 Å². The van der Waals surface area contributed by atoms with Crippen LogP contribution in [0.3, 0.4) is 0 Å². The Hall–Kier alpha value is -0.610. The van der Waals surface area contributed by atoms with Gasteiger partial charge in [0.1, 0.15) is 0 Å². The van der Waals surface area contributed by atoms with E-state index in [1.54, 1.807) is 6.07 Å². The lowest BCUT2D eigenvalue weighted by atomic mass is 10.1. The first-order chi connectivity index (χ1) is 8.16. The Morgan fingerprint density at radius 1 is 1.41 bits per heavy atom. The molecule has 3 nitrogen and oxygen atoms in total. The van der Waals surface area contributed by atoms with Gasteiger partial charge >= 0.3 is 0 Å². The summed E-state index contributed by atoms with van der Waals surface area (Å²) in [7, 11) is 0. The summed E-state index contributed by atoms with van der Waals surface area (Å²) in [5, 5.41) is 20.3. The van der Waals surface area contributed by atoms with E-state index < -0.39 is 6.10 Å². The Kier molecular flexibility index (Phi) is 4.40. The third-order valence-electron chi connectivity index (χ3n) is 3.18. The summed E-state index contributed by atoms with van der Waals surface area (Å²) in [6.45, 7) is 2.10. The smallest absolute Gasteiger partial charge is 0.0931 e. The molecule has 1 saturated heterocycles. The third-order valence-corrected chi connectivity index (χ3v) is 3.52. The Morgan fingerprint density at radius 3 is 2.88 bits per heavy atom. The molecule has 0 unspecified atom stereocenters. The van der Waals surface area contributed by atoms with E-state index in [2.05, 4.69) is 4.90 Å². The number of piperidine rings is 1. The van der Waals surface area contributed by atoms with Crippen LogP contribution in [0.2, 0.25) is 5.02 Å². The summed E-state index contributed by atoms with van der Waals surface area (Å²) < 4.78 is 0. The van der Waals surface area contributed by atoms with Crippen molar-refractivity contribution in [3.8, 4) is 0 Å². The van der Waals surface area contributed by atoms with Crippen LogP contribution in [-0.4, -0.2) is 40.9 Å². The number of aliphatic hydroxyl groups is 2. The standard InChI is InChI=1S/C13H18ClNO2/c14-12-6-2-1-5-11(12)13(17)9-15-7-3-4-10(16)8-15/h1-2,5-6,10,13,16-17H,3-4,7-9H2/t10-,13+/m0/s1. The van der Waals surface area contributed by atoms with Crippen molar-refractivity contribution >= 4 is 11.6 Å². The van der Waals surface area contributed by atoms with Gasteiger partial charge in [-0.25, -0.2) is 0 Å². The van der Waals surface area contributed by atoms with E-state index in [0.717, 1.165) is 24.9 Å². The maximum absolute atomic E-state index is 10.1. The molecule has 2 atom stereocenters. The van der Waals surface area contributed by atoms with Gasteiger partial charge in [-0.05, 0) is 25.5 Å². The summed E-state index contributed by atoms with van der Waals surface area (Å²) in [5.74, 6) is 0. The number of halogens is 1. The Labute approximate surface area is 107 Å². The fourth-order valence-electron chi connectivity index (χ4n) is 2.29. The third kappa shape index (κ3) is 3.42. The fraction of sp³-hybridized carbons (Fsp3) is 0.538. The molecule has 2 rings (SSSR count). The lowest BCUT2D eigenvalue weighted by Gasteiger charge is -2.31. The van der Waals surface area contributed by atoms with E-state index in [1.165, 1.54) is 0 Å². The number of β-amino-alcohol motifs (C(OH)–C–C–N with tert-alkyl or cyclic N) is 2. The quantitative estimate of drug-likeness (QED) is 0.866. The fourth-order valence-corrected chi connectivity index (χ4v) is 2.55. The minimum absolute atomic E-state index is 0.262. The number of nitrogens with zero attached hydrogens (tertiary/aromatic N) is 1. The minimum atomic E-state index is -0.589. The molecule has 1 aromatic carbocycles. The van der Waals surface area contributed by atoms with Crippen molar-refractivity contribution in [1.82, 2.24) is 4.90 Å². The van der Waals surface area contributed by atoms with Crippen LogP contribution in [-0.2, 0) is 0 Å². The van der Waals surface area contributed by atoms with E-state index in [0.29, 0.717) is 18.1 Å². The van der Waals surface area contributed by atoms with Crippen LogP contribution < -0.4 is 0 Å². The lowest BCUT2D eigenvalue weighted by Crippen LogP contribution is -2.40. The predicted octanol–water partition coefficient (Wildman–Crippen LogP) is 1.83. The number of rotatable bonds is 3. The van der Waals surface area contributed by atoms with Gasteiger partial charge in [0, 0.05) is 23.7 Å². The molecule has 0 aliphatic carbocycles. The highest BCUT2D eigenvalue weighted by Gasteiger charge is 2.21. The monoisotopic (exact) mass is 255 g/mol. The number of aliphatic hydroxyl groups excluding tert-OH is 2. The molecule has 0 saturated carbocycles. The van der Waals surface area contributed by atoms with Gasteiger partial charge in [-0.2, -0.15) is 0 Å². The zero-order valence-corrected chi connectivity index (χ0v) is 10.5. The van der Waals surface area contributed by atoms with Crippen molar-refractivity contribution in [3.05, 3.63) is 34.9 Å². The van der Waals surface area contributed by atoms with Crippen molar-refractivity contribution in [1.29, 1.82) is 0 Å². The van der Waals surface area contributed by atoms with Crippen LogP contribution in [0, 0.1) is 0 Å². The van der Waals surface area contributed by atoms with Gasteiger partial charge in [0.2, 0.25) is 0 Å². The molecular formula is C13H18ClNO2. The van der Waals surface area contributed by atoms with Gasteiger partial charge in [0.25, 0.3) is 0 Å². The molecule has 1 aromatic rings. The van der Waals surface area contributed by atoms with Gasteiger partial charge in [0.15, 0.2) is 0 Å². The van der Waals surface area contributed by atoms with E-state index in [4.69, 9.17) is 11.6 Å². The molecule has 0 amide bonds. The van der Waals surface area contributed by atoms with Gasteiger partial charge in [-0.15, -0.1) is 0 Å². The van der Waals surface area contributed by atoms with Crippen LogP contribution in [0.1, 0.15) is 24.5 Å². The maximum atomic E-state index is 10.1. The molecule has 4 heteroatoms. The average molecular weight is 256 g/mol. The molecule has 94 valence electrons. The van der Waals surface area contributed by atoms with Crippen LogP contribution >= 0.6 is 11.6 Å². The SMILES string of the molecule is O[C@H]1CCCN(C[C@@H](O)c2ccccc2Cl)C1. The second kappa shape index (κ2) is 5.83. The molecule has 17 heavy (non-hydrogen) atoms. The van der Waals surface area contributed by atoms with E-state index in [9.17, 15) is 10.2 Å². The van der Waals surface area contributed by atoms with Crippen molar-refractivity contribution in [2.24, 2.45) is 0 Å². The summed E-state index contributed by atoms with van der Waals surface area (Å²) in [6, 6.07) is 7.34. The van der Waals surface area contributed by atoms with Gasteiger partial charge < -0.3 is 10.2 Å². The molecule has 1 heterocycles. The predicted molar refractivity (Wildman–Crippen MR) is 68.1 cm³/mol. The molecule has 0 bridgehead atoms. The first-order valence-electron chi connectivity index (χ1n) is 5.99. The number of hydrogen-bond acceptors (Lipinski definition) is 3. The molecule has 0 aromatic heterocycles. The topological polar surface area (TPSA) is 43.7 Å².